The van der Waals surface area contributed by atoms with Gasteiger partial charge in [-0.2, -0.15) is 0 Å². The number of carbonyl (C=O) groups excluding carboxylic acids is 1. The van der Waals surface area contributed by atoms with Gasteiger partial charge in [-0.1, -0.05) is 35.1 Å². The van der Waals surface area contributed by atoms with Gasteiger partial charge in [0.2, 0.25) is 0 Å². The lowest BCUT2D eigenvalue weighted by atomic mass is 10.1. The first kappa shape index (κ1) is 17.7. The molecule has 0 fully saturated rings. The average molecular weight is 396 g/mol. The number of halogens is 1. The number of aryl methyl sites for hydroxylation is 2. The summed E-state index contributed by atoms with van der Waals surface area (Å²) in [6.07, 6.45) is 0. The molecule has 0 spiro atoms. The Hall–Kier alpha value is -2.16. The summed E-state index contributed by atoms with van der Waals surface area (Å²) in [4.78, 5) is 14.9. The molecule has 0 aliphatic heterocycles. The summed E-state index contributed by atoms with van der Waals surface area (Å²) in [5.41, 5.74) is 2.42. The topological polar surface area (TPSA) is 99.2 Å². The summed E-state index contributed by atoms with van der Waals surface area (Å²) >= 11 is 7.12. The van der Waals surface area contributed by atoms with E-state index in [1.807, 2.05) is 26.0 Å². The molecule has 0 bridgehead atoms. The molecule has 0 saturated carbocycles. The summed E-state index contributed by atoms with van der Waals surface area (Å²) in [5, 5.41) is 11.0. The van der Waals surface area contributed by atoms with Crippen molar-refractivity contribution in [3.63, 3.8) is 0 Å². The molecule has 1 N–H and O–H groups in total. The van der Waals surface area contributed by atoms with Gasteiger partial charge < -0.3 is 9.90 Å². The quantitative estimate of drug-likeness (QED) is 0.732. The number of carboxylic acid groups (broad SMARTS) is 1. The van der Waals surface area contributed by atoms with Crippen LogP contribution < -0.4 is 9.83 Å². The van der Waals surface area contributed by atoms with E-state index in [1.165, 1.54) is 23.5 Å². The number of carbonyl (C=O) groups is 1. The van der Waals surface area contributed by atoms with Crippen LogP contribution in [0.3, 0.4) is 0 Å². The van der Waals surface area contributed by atoms with Crippen LogP contribution in [0.15, 0.2) is 35.2 Å². The molecule has 3 rings (SSSR count). The van der Waals surface area contributed by atoms with E-state index in [0.717, 1.165) is 21.9 Å². The molecular weight excluding hydrogens is 384 g/mol. The largest absolute Gasteiger partial charge is 0.545 e. The van der Waals surface area contributed by atoms with Crippen molar-refractivity contribution in [1.82, 2.24) is 4.98 Å². The van der Waals surface area contributed by atoms with Gasteiger partial charge in [0.15, 0.2) is 5.13 Å². The summed E-state index contributed by atoms with van der Waals surface area (Å²) in [5.74, 6) is -1.49. The minimum atomic E-state index is -4.10. The number of hydrogen-bond donors (Lipinski definition) is 1. The first-order valence-electron chi connectivity index (χ1n) is 7.09. The van der Waals surface area contributed by atoms with Crippen LogP contribution in [-0.2, 0) is 10.0 Å². The third kappa shape index (κ3) is 3.46. The molecule has 1 aromatic heterocycles. The van der Waals surface area contributed by atoms with Crippen LogP contribution in [0.4, 0.5) is 5.13 Å². The molecule has 0 atom stereocenters. The number of nitrogens with zero attached hydrogens (tertiary/aromatic N) is 1. The number of thiazole rings is 1. The third-order valence-corrected chi connectivity index (χ3v) is 6.38. The lowest BCUT2D eigenvalue weighted by molar-refractivity contribution is -0.255. The van der Waals surface area contributed by atoms with E-state index in [-0.39, 0.29) is 20.6 Å². The molecule has 0 aliphatic rings. The third-order valence-electron chi connectivity index (χ3n) is 3.51. The molecule has 1 heterocycles. The van der Waals surface area contributed by atoms with Crippen LogP contribution in [0, 0.1) is 13.8 Å². The highest BCUT2D eigenvalue weighted by Gasteiger charge is 2.21. The van der Waals surface area contributed by atoms with Crippen molar-refractivity contribution in [1.29, 1.82) is 0 Å². The van der Waals surface area contributed by atoms with Crippen LogP contribution >= 0.6 is 22.9 Å². The van der Waals surface area contributed by atoms with Crippen molar-refractivity contribution in [2.75, 3.05) is 4.72 Å². The predicted octanol–water partition coefficient (Wildman–Crippen LogP) is 2.73. The first-order chi connectivity index (χ1) is 11.7. The summed E-state index contributed by atoms with van der Waals surface area (Å²) in [7, 11) is -4.10. The average Bonchev–Trinajstić information content (AvgIpc) is 2.89. The molecule has 0 aliphatic carbocycles. The monoisotopic (exact) mass is 395 g/mol. The van der Waals surface area contributed by atoms with Gasteiger partial charge in [-0.05, 0) is 48.7 Å². The Morgan fingerprint density at radius 2 is 1.96 bits per heavy atom. The molecule has 0 unspecified atom stereocenters. The molecular formula is C16H12ClN2O4S2-. The summed E-state index contributed by atoms with van der Waals surface area (Å²) < 4.78 is 28.4. The number of rotatable bonds is 4. The molecule has 3 aromatic rings. The van der Waals surface area contributed by atoms with E-state index >= 15 is 0 Å². The maximum absolute atomic E-state index is 12.6. The maximum atomic E-state index is 12.6. The number of aromatic nitrogens is 1. The van der Waals surface area contributed by atoms with E-state index in [4.69, 9.17) is 11.6 Å². The highest BCUT2D eigenvalue weighted by Crippen LogP contribution is 2.32. The van der Waals surface area contributed by atoms with Crippen molar-refractivity contribution >= 4 is 54.3 Å². The number of carboxylic acids is 1. The second kappa shape index (κ2) is 6.29. The molecule has 130 valence electrons. The van der Waals surface area contributed by atoms with Gasteiger partial charge in [0.05, 0.1) is 21.2 Å². The minimum Gasteiger partial charge on any atom is -0.545 e. The molecule has 0 radical (unpaired) electrons. The Morgan fingerprint density at radius 1 is 1.24 bits per heavy atom. The first-order valence-corrected chi connectivity index (χ1v) is 9.76. The lowest BCUT2D eigenvalue weighted by Gasteiger charge is -2.09. The number of aromatic carboxylic acids is 1. The smallest absolute Gasteiger partial charge is 0.265 e. The van der Waals surface area contributed by atoms with Gasteiger partial charge in [0.1, 0.15) is 4.90 Å². The van der Waals surface area contributed by atoms with Gasteiger partial charge in [-0.25, -0.2) is 13.4 Å². The number of fused-ring (bicyclic) bond motifs is 1. The number of nitrogens with one attached hydrogen (secondary N) is 1. The number of sulfonamides is 1. The van der Waals surface area contributed by atoms with Crippen molar-refractivity contribution in [3.05, 3.63) is 52.0 Å². The SMILES string of the molecule is Cc1cc(C)c2nc(NS(=O)(=O)c3cc(C(=O)[O-])ccc3Cl)sc2c1. The highest BCUT2D eigenvalue weighted by molar-refractivity contribution is 7.93. The van der Waals surface area contributed by atoms with Crippen LogP contribution in [0.1, 0.15) is 21.5 Å². The Balaban J connectivity index is 2.04. The number of hydrogen-bond acceptors (Lipinski definition) is 6. The van der Waals surface area contributed by atoms with E-state index in [0.29, 0.717) is 5.52 Å². The Morgan fingerprint density at radius 3 is 2.64 bits per heavy atom. The Labute approximate surface area is 153 Å². The normalized spacial score (nSPS) is 11.6. The van der Waals surface area contributed by atoms with E-state index in [1.54, 1.807) is 0 Å². The van der Waals surface area contributed by atoms with Crippen molar-refractivity contribution in [2.45, 2.75) is 18.7 Å². The van der Waals surface area contributed by atoms with Gasteiger partial charge in [-0.15, -0.1) is 0 Å². The molecule has 9 heteroatoms. The summed E-state index contributed by atoms with van der Waals surface area (Å²) in [6, 6.07) is 7.22. The van der Waals surface area contributed by atoms with Crippen LogP contribution in [0.25, 0.3) is 10.2 Å². The van der Waals surface area contributed by atoms with Crippen molar-refractivity contribution in [3.8, 4) is 0 Å². The second-order valence-corrected chi connectivity index (χ2v) is 8.57. The van der Waals surface area contributed by atoms with Gasteiger partial charge in [0.25, 0.3) is 10.0 Å². The zero-order valence-corrected chi connectivity index (χ0v) is 15.6. The number of anilines is 1. The zero-order chi connectivity index (χ0) is 18.4. The van der Waals surface area contributed by atoms with E-state index < -0.39 is 16.0 Å². The van der Waals surface area contributed by atoms with Gasteiger partial charge in [0, 0.05) is 0 Å². The van der Waals surface area contributed by atoms with Crippen LogP contribution in [0.5, 0.6) is 0 Å². The van der Waals surface area contributed by atoms with Crippen molar-refractivity contribution < 1.29 is 18.3 Å². The maximum Gasteiger partial charge on any atom is 0.265 e. The zero-order valence-electron chi connectivity index (χ0n) is 13.2. The molecule has 2 aromatic carbocycles. The standard InChI is InChI=1S/C16H13ClN2O4S2/c1-8-5-9(2)14-12(6-8)24-16(18-14)19-25(22,23)13-7-10(15(20)21)3-4-11(13)17/h3-7H,1-2H3,(H,18,19)(H,20,21)/p-1. The van der Waals surface area contributed by atoms with E-state index in [9.17, 15) is 18.3 Å². The van der Waals surface area contributed by atoms with Gasteiger partial charge >= 0.3 is 0 Å². The second-order valence-electron chi connectivity index (χ2n) is 5.49. The fourth-order valence-corrected chi connectivity index (χ4v) is 5.22. The summed E-state index contributed by atoms with van der Waals surface area (Å²) in [6.45, 7) is 3.84. The predicted molar refractivity (Wildman–Crippen MR) is 95.7 cm³/mol. The lowest BCUT2D eigenvalue weighted by Crippen LogP contribution is -2.23. The molecule has 0 amide bonds. The number of benzene rings is 2. The van der Waals surface area contributed by atoms with E-state index in [2.05, 4.69) is 9.71 Å². The fraction of sp³-hybridized carbons (Fsp3) is 0.125. The fourth-order valence-electron chi connectivity index (χ4n) is 2.42. The Bertz CT molecular complexity index is 1110. The van der Waals surface area contributed by atoms with Gasteiger partial charge in [-0.3, -0.25) is 4.72 Å². The van der Waals surface area contributed by atoms with Crippen LogP contribution in [-0.4, -0.2) is 19.4 Å². The van der Waals surface area contributed by atoms with Crippen LogP contribution in [0.2, 0.25) is 5.02 Å². The molecule has 0 saturated heterocycles. The molecule has 25 heavy (non-hydrogen) atoms. The Kier molecular flexibility index (Phi) is 4.44. The molecule has 6 nitrogen and oxygen atoms in total. The highest BCUT2D eigenvalue weighted by atomic mass is 35.5. The van der Waals surface area contributed by atoms with Crippen molar-refractivity contribution in [2.24, 2.45) is 0 Å². The minimum absolute atomic E-state index is 0.0920.